The zero-order valence-corrected chi connectivity index (χ0v) is 23.1. The molecular formula is C28H24ClIN2O5. The van der Waals surface area contributed by atoms with Gasteiger partial charge in [-0.3, -0.25) is 14.9 Å². The predicted octanol–water partition coefficient (Wildman–Crippen LogP) is 6.15. The topological polar surface area (TPSA) is 84.9 Å². The molecule has 1 heterocycles. The number of carbonyl (C=O) groups is 3. The van der Waals surface area contributed by atoms with Crippen LogP contribution in [0.15, 0.2) is 66.2 Å². The van der Waals surface area contributed by atoms with E-state index in [-0.39, 0.29) is 17.2 Å². The standard InChI is InChI=1S/C28H24ClIN2O5/c1-3-17-7-11-21(12-8-17)32-27(34)22(26(33)31-28(32)35)13-19-14-23(29)25(24(15-19)36-4-2)37-16-18-5-9-20(30)10-6-18/h5-15H,3-4,16H2,1-2H3,(H,31,33,35)/b22-13-. The fourth-order valence-corrected chi connectivity index (χ4v) is 4.38. The van der Waals surface area contributed by atoms with Crippen molar-refractivity contribution in [1.82, 2.24) is 5.32 Å². The first kappa shape index (κ1) is 26.7. The molecule has 1 aliphatic heterocycles. The molecule has 37 heavy (non-hydrogen) atoms. The zero-order chi connectivity index (χ0) is 26.5. The van der Waals surface area contributed by atoms with Crippen molar-refractivity contribution in [2.24, 2.45) is 0 Å². The summed E-state index contributed by atoms with van der Waals surface area (Å²) < 4.78 is 12.8. The molecule has 3 aromatic rings. The van der Waals surface area contributed by atoms with E-state index in [9.17, 15) is 14.4 Å². The largest absolute Gasteiger partial charge is 0.490 e. The number of hydrogen-bond acceptors (Lipinski definition) is 5. The Morgan fingerprint density at radius 1 is 0.946 bits per heavy atom. The van der Waals surface area contributed by atoms with Gasteiger partial charge in [-0.15, -0.1) is 0 Å². The molecule has 0 atom stereocenters. The zero-order valence-electron chi connectivity index (χ0n) is 20.2. The second-order valence-corrected chi connectivity index (χ2v) is 9.81. The second-order valence-electron chi connectivity index (χ2n) is 8.16. The Labute approximate surface area is 233 Å². The summed E-state index contributed by atoms with van der Waals surface area (Å²) in [7, 11) is 0. The van der Waals surface area contributed by atoms with Crippen LogP contribution in [0.1, 0.15) is 30.5 Å². The van der Waals surface area contributed by atoms with Gasteiger partial charge < -0.3 is 9.47 Å². The van der Waals surface area contributed by atoms with Gasteiger partial charge in [-0.1, -0.05) is 42.8 Å². The van der Waals surface area contributed by atoms with E-state index in [1.165, 1.54) is 6.08 Å². The minimum Gasteiger partial charge on any atom is -0.490 e. The van der Waals surface area contributed by atoms with Crippen LogP contribution in [0, 0.1) is 3.57 Å². The number of aryl methyl sites for hydroxylation is 1. The maximum atomic E-state index is 13.2. The second kappa shape index (κ2) is 11.8. The molecule has 4 rings (SSSR count). The Morgan fingerprint density at radius 3 is 2.27 bits per heavy atom. The Balaban J connectivity index is 1.64. The van der Waals surface area contributed by atoms with E-state index in [4.69, 9.17) is 21.1 Å². The maximum Gasteiger partial charge on any atom is 0.335 e. The van der Waals surface area contributed by atoms with Crippen molar-refractivity contribution in [2.75, 3.05) is 11.5 Å². The third kappa shape index (κ3) is 6.14. The van der Waals surface area contributed by atoms with Crippen LogP contribution < -0.4 is 19.7 Å². The summed E-state index contributed by atoms with van der Waals surface area (Å²) in [6, 6.07) is 17.3. The molecule has 0 aromatic heterocycles. The average molecular weight is 631 g/mol. The van der Waals surface area contributed by atoms with Crippen molar-refractivity contribution in [2.45, 2.75) is 26.9 Å². The van der Waals surface area contributed by atoms with Crippen LogP contribution in [-0.4, -0.2) is 24.5 Å². The highest BCUT2D eigenvalue weighted by molar-refractivity contribution is 14.1. The van der Waals surface area contributed by atoms with E-state index in [2.05, 4.69) is 27.9 Å². The van der Waals surface area contributed by atoms with Gasteiger partial charge in [-0.05, 0) is 95.1 Å². The Morgan fingerprint density at radius 2 is 1.62 bits per heavy atom. The molecule has 3 aromatic carbocycles. The summed E-state index contributed by atoms with van der Waals surface area (Å²) >= 11 is 8.78. The van der Waals surface area contributed by atoms with E-state index in [0.29, 0.717) is 29.4 Å². The highest BCUT2D eigenvalue weighted by Gasteiger charge is 2.36. The van der Waals surface area contributed by atoms with Gasteiger partial charge in [0.05, 0.1) is 17.3 Å². The van der Waals surface area contributed by atoms with E-state index >= 15 is 0 Å². The van der Waals surface area contributed by atoms with Gasteiger partial charge in [-0.2, -0.15) is 0 Å². The minimum absolute atomic E-state index is 0.203. The fourth-order valence-electron chi connectivity index (χ4n) is 3.75. The molecule has 0 radical (unpaired) electrons. The van der Waals surface area contributed by atoms with Crippen molar-refractivity contribution in [3.63, 3.8) is 0 Å². The van der Waals surface area contributed by atoms with Gasteiger partial charge >= 0.3 is 6.03 Å². The van der Waals surface area contributed by atoms with Crippen molar-refractivity contribution in [3.8, 4) is 11.5 Å². The number of benzene rings is 3. The minimum atomic E-state index is -0.802. The number of halogens is 2. The first-order chi connectivity index (χ1) is 17.8. The van der Waals surface area contributed by atoms with Crippen LogP contribution in [0.2, 0.25) is 5.02 Å². The number of nitrogens with one attached hydrogen (secondary N) is 1. The lowest BCUT2D eigenvalue weighted by Gasteiger charge is -2.26. The van der Waals surface area contributed by atoms with E-state index in [0.717, 1.165) is 26.0 Å². The highest BCUT2D eigenvalue weighted by atomic mass is 127. The Bertz CT molecular complexity index is 1370. The fraction of sp³-hybridized carbons (Fsp3) is 0.179. The smallest absolute Gasteiger partial charge is 0.335 e. The molecule has 4 amide bonds. The Kier molecular flexibility index (Phi) is 8.50. The van der Waals surface area contributed by atoms with Crippen LogP contribution in [0.3, 0.4) is 0 Å². The van der Waals surface area contributed by atoms with Crippen LogP contribution in [-0.2, 0) is 22.6 Å². The molecule has 0 unspecified atom stereocenters. The van der Waals surface area contributed by atoms with Gasteiger partial charge in [-0.25, -0.2) is 9.69 Å². The summed E-state index contributed by atoms with van der Waals surface area (Å²) in [5.74, 6) is -0.786. The van der Waals surface area contributed by atoms with Gasteiger partial charge in [0, 0.05) is 3.57 Å². The van der Waals surface area contributed by atoms with Crippen molar-refractivity contribution in [3.05, 3.63) is 91.5 Å². The van der Waals surface area contributed by atoms with Crippen LogP contribution >= 0.6 is 34.2 Å². The van der Waals surface area contributed by atoms with E-state index in [1.807, 2.05) is 50.2 Å². The molecule has 1 aliphatic rings. The molecule has 0 spiro atoms. The number of urea groups is 1. The number of ether oxygens (including phenoxy) is 2. The Hall–Kier alpha value is -3.37. The summed E-state index contributed by atoms with van der Waals surface area (Å²) in [6.07, 6.45) is 2.20. The lowest BCUT2D eigenvalue weighted by atomic mass is 10.1. The molecule has 1 fully saturated rings. The number of barbiturate groups is 1. The van der Waals surface area contributed by atoms with E-state index < -0.39 is 17.8 Å². The number of hydrogen-bond donors (Lipinski definition) is 1. The molecule has 0 bridgehead atoms. The van der Waals surface area contributed by atoms with Crippen LogP contribution in [0.5, 0.6) is 11.5 Å². The number of nitrogens with zero attached hydrogens (tertiary/aromatic N) is 1. The van der Waals surface area contributed by atoms with Crippen molar-refractivity contribution in [1.29, 1.82) is 0 Å². The van der Waals surface area contributed by atoms with Gasteiger partial charge in [0.1, 0.15) is 12.2 Å². The molecule has 0 aliphatic carbocycles. The van der Waals surface area contributed by atoms with Crippen molar-refractivity contribution < 1.29 is 23.9 Å². The average Bonchev–Trinajstić information content (AvgIpc) is 2.87. The molecule has 1 N–H and O–H groups in total. The molecule has 9 heteroatoms. The number of carbonyl (C=O) groups excluding carboxylic acids is 3. The molecule has 7 nitrogen and oxygen atoms in total. The van der Waals surface area contributed by atoms with Gasteiger partial charge in [0.15, 0.2) is 11.5 Å². The summed E-state index contributed by atoms with van der Waals surface area (Å²) in [6.45, 7) is 4.47. The van der Waals surface area contributed by atoms with E-state index in [1.54, 1.807) is 24.3 Å². The quantitative estimate of drug-likeness (QED) is 0.183. The maximum absolute atomic E-state index is 13.2. The lowest BCUT2D eigenvalue weighted by molar-refractivity contribution is -0.122. The monoisotopic (exact) mass is 630 g/mol. The summed E-state index contributed by atoms with van der Waals surface area (Å²) in [5.41, 5.74) is 2.63. The molecule has 1 saturated heterocycles. The molecule has 0 saturated carbocycles. The highest BCUT2D eigenvalue weighted by Crippen LogP contribution is 2.38. The van der Waals surface area contributed by atoms with Gasteiger partial charge in [0.25, 0.3) is 11.8 Å². The number of rotatable bonds is 8. The van der Waals surface area contributed by atoms with Crippen molar-refractivity contribution >= 4 is 63.8 Å². The normalized spacial score (nSPS) is 14.6. The summed E-state index contributed by atoms with van der Waals surface area (Å²) in [4.78, 5) is 39.3. The van der Waals surface area contributed by atoms with Gasteiger partial charge in [0.2, 0.25) is 0 Å². The molecule has 190 valence electrons. The number of amides is 4. The van der Waals surface area contributed by atoms with Crippen LogP contribution in [0.25, 0.3) is 6.08 Å². The van der Waals surface area contributed by atoms with Crippen LogP contribution in [0.4, 0.5) is 10.5 Å². The number of anilines is 1. The lowest BCUT2D eigenvalue weighted by Crippen LogP contribution is -2.54. The molecular weight excluding hydrogens is 607 g/mol. The third-order valence-corrected chi connectivity index (χ3v) is 6.64. The number of imide groups is 2. The first-order valence-electron chi connectivity index (χ1n) is 11.6. The third-order valence-electron chi connectivity index (χ3n) is 5.64. The summed E-state index contributed by atoms with van der Waals surface area (Å²) in [5, 5.41) is 2.49. The SMILES string of the molecule is CCOc1cc(/C=C2/C(=O)NC(=O)N(c3ccc(CC)cc3)C2=O)cc(Cl)c1OCc1ccc(I)cc1. The predicted molar refractivity (Wildman–Crippen MR) is 151 cm³/mol. The first-order valence-corrected chi connectivity index (χ1v) is 13.1.